The van der Waals surface area contributed by atoms with Crippen LogP contribution in [-0.4, -0.2) is 62.9 Å². The van der Waals surface area contributed by atoms with Crippen LogP contribution in [0.2, 0.25) is 5.02 Å². The van der Waals surface area contributed by atoms with E-state index in [2.05, 4.69) is 22.3 Å². The van der Waals surface area contributed by atoms with Crippen molar-refractivity contribution >= 4 is 27.5 Å². The van der Waals surface area contributed by atoms with Crippen LogP contribution in [0.5, 0.6) is 0 Å². The molecule has 4 rings (SSSR count). The number of ether oxygens (including phenoxy) is 1. The van der Waals surface area contributed by atoms with E-state index in [1.54, 1.807) is 24.3 Å². The van der Waals surface area contributed by atoms with Gasteiger partial charge >= 0.3 is 0 Å². The molecule has 0 bridgehead atoms. The summed E-state index contributed by atoms with van der Waals surface area (Å²) in [5.41, 5.74) is 2.89. The van der Waals surface area contributed by atoms with E-state index in [9.17, 15) is 13.2 Å². The van der Waals surface area contributed by atoms with Crippen molar-refractivity contribution in [3.05, 3.63) is 70.2 Å². The molecule has 0 aromatic heterocycles. The lowest BCUT2D eigenvalue weighted by molar-refractivity contribution is -0.126. The van der Waals surface area contributed by atoms with Gasteiger partial charge in [0.05, 0.1) is 19.0 Å². The first-order chi connectivity index (χ1) is 16.4. The quantitative estimate of drug-likeness (QED) is 0.596. The Balaban J connectivity index is 1.24. The molecular weight excluding hydrogens is 474 g/mol. The molecular formula is C25H32ClN3O4S. The van der Waals surface area contributed by atoms with Gasteiger partial charge in [-0.05, 0) is 35.6 Å². The van der Waals surface area contributed by atoms with Gasteiger partial charge in [-0.25, -0.2) is 12.7 Å². The second kappa shape index (κ2) is 11.6. The summed E-state index contributed by atoms with van der Waals surface area (Å²) in [6.45, 7) is 5.47. The Hall–Kier alpha value is -1.97. The molecule has 0 saturated carbocycles. The molecule has 7 nitrogen and oxygen atoms in total. The Labute approximate surface area is 207 Å². The van der Waals surface area contributed by atoms with Gasteiger partial charge in [0.15, 0.2) is 0 Å². The van der Waals surface area contributed by atoms with Crippen molar-refractivity contribution in [1.29, 1.82) is 0 Å². The van der Waals surface area contributed by atoms with Crippen LogP contribution >= 0.6 is 11.6 Å². The Kier molecular flexibility index (Phi) is 8.60. The van der Waals surface area contributed by atoms with Gasteiger partial charge in [0.1, 0.15) is 0 Å². The molecule has 2 saturated heterocycles. The number of halogens is 1. The SMILES string of the molecule is O=C(NCc1cccc(CN2CCOCC2)c1)C1CCN(S(=O)(=O)Cc2ccccc2Cl)CC1. The molecule has 0 radical (unpaired) electrons. The van der Waals surface area contributed by atoms with Gasteiger partial charge in [0.2, 0.25) is 15.9 Å². The highest BCUT2D eigenvalue weighted by Crippen LogP contribution is 2.24. The van der Waals surface area contributed by atoms with Crippen molar-refractivity contribution in [1.82, 2.24) is 14.5 Å². The number of hydrogen-bond donors (Lipinski definition) is 1. The van der Waals surface area contributed by atoms with E-state index >= 15 is 0 Å². The molecule has 2 fully saturated rings. The Morgan fingerprint density at radius 2 is 1.71 bits per heavy atom. The van der Waals surface area contributed by atoms with E-state index in [1.807, 2.05) is 12.1 Å². The maximum absolute atomic E-state index is 12.8. The number of sulfonamides is 1. The van der Waals surface area contributed by atoms with Crippen molar-refractivity contribution in [3.8, 4) is 0 Å². The largest absolute Gasteiger partial charge is 0.379 e. The number of morpholine rings is 1. The van der Waals surface area contributed by atoms with Crippen molar-refractivity contribution in [2.24, 2.45) is 5.92 Å². The van der Waals surface area contributed by atoms with E-state index in [1.165, 1.54) is 9.87 Å². The molecule has 2 heterocycles. The second-order valence-corrected chi connectivity index (χ2v) is 11.3. The van der Waals surface area contributed by atoms with Crippen LogP contribution in [0.15, 0.2) is 48.5 Å². The Bertz CT molecular complexity index is 1080. The van der Waals surface area contributed by atoms with Gasteiger partial charge in [0, 0.05) is 50.2 Å². The minimum atomic E-state index is -3.48. The first-order valence-electron chi connectivity index (χ1n) is 11.8. The highest BCUT2D eigenvalue weighted by atomic mass is 35.5. The van der Waals surface area contributed by atoms with Crippen molar-refractivity contribution in [2.75, 3.05) is 39.4 Å². The van der Waals surface area contributed by atoms with Crippen molar-refractivity contribution in [2.45, 2.75) is 31.7 Å². The number of nitrogens with one attached hydrogen (secondary N) is 1. The lowest BCUT2D eigenvalue weighted by atomic mass is 9.97. The molecule has 184 valence electrons. The zero-order chi connectivity index (χ0) is 24.0. The lowest BCUT2D eigenvalue weighted by Gasteiger charge is -2.30. The third-order valence-electron chi connectivity index (χ3n) is 6.48. The van der Waals surface area contributed by atoms with Crippen LogP contribution in [0, 0.1) is 5.92 Å². The molecule has 1 N–H and O–H groups in total. The summed E-state index contributed by atoms with van der Waals surface area (Å²) in [6, 6.07) is 15.3. The number of rotatable bonds is 8. The predicted molar refractivity (Wildman–Crippen MR) is 133 cm³/mol. The number of hydrogen-bond acceptors (Lipinski definition) is 5. The Morgan fingerprint density at radius 1 is 1.00 bits per heavy atom. The van der Waals surface area contributed by atoms with Gasteiger partial charge in [-0.15, -0.1) is 0 Å². The predicted octanol–water partition coefficient (Wildman–Crippen LogP) is 3.03. The minimum absolute atomic E-state index is 0.0123. The molecule has 34 heavy (non-hydrogen) atoms. The highest BCUT2D eigenvalue weighted by Gasteiger charge is 2.31. The third kappa shape index (κ3) is 6.79. The van der Waals surface area contributed by atoms with Crippen LogP contribution in [-0.2, 0) is 38.4 Å². The Morgan fingerprint density at radius 3 is 2.44 bits per heavy atom. The van der Waals surface area contributed by atoms with Gasteiger partial charge in [-0.2, -0.15) is 0 Å². The number of carbonyl (C=O) groups excluding carboxylic acids is 1. The van der Waals surface area contributed by atoms with E-state index < -0.39 is 10.0 Å². The summed E-state index contributed by atoms with van der Waals surface area (Å²) in [4.78, 5) is 15.1. The number of carbonyl (C=O) groups is 1. The minimum Gasteiger partial charge on any atom is -0.379 e. The van der Waals surface area contributed by atoms with Gasteiger partial charge in [-0.3, -0.25) is 9.69 Å². The fourth-order valence-corrected chi connectivity index (χ4v) is 6.36. The molecule has 0 atom stereocenters. The number of benzene rings is 2. The summed E-state index contributed by atoms with van der Waals surface area (Å²) in [7, 11) is -3.48. The summed E-state index contributed by atoms with van der Waals surface area (Å²) in [5, 5.41) is 3.50. The van der Waals surface area contributed by atoms with E-state index in [0.717, 1.165) is 38.4 Å². The monoisotopic (exact) mass is 505 g/mol. The normalized spacial score (nSPS) is 18.6. The molecule has 2 aliphatic heterocycles. The van der Waals surface area contributed by atoms with Crippen molar-refractivity contribution < 1.29 is 17.9 Å². The molecule has 2 aliphatic rings. The maximum atomic E-state index is 12.8. The number of amides is 1. The molecule has 0 spiro atoms. The molecule has 0 unspecified atom stereocenters. The standard InChI is InChI=1S/C25H32ClN3O4S/c26-24-7-2-1-6-23(24)19-34(31,32)29-10-8-22(9-11-29)25(30)27-17-20-4-3-5-21(16-20)18-28-12-14-33-15-13-28/h1-7,16,22H,8-15,17-19H2,(H,27,30). The molecule has 9 heteroatoms. The molecule has 2 aromatic carbocycles. The summed E-state index contributed by atoms with van der Waals surface area (Å²) in [5.74, 6) is -0.310. The molecule has 2 aromatic rings. The van der Waals surface area contributed by atoms with Crippen LogP contribution in [0.4, 0.5) is 0 Å². The average molecular weight is 506 g/mol. The molecule has 1 amide bonds. The van der Waals surface area contributed by atoms with E-state index in [4.69, 9.17) is 16.3 Å². The topological polar surface area (TPSA) is 79.0 Å². The zero-order valence-corrected chi connectivity index (χ0v) is 20.9. The van der Waals surface area contributed by atoms with Crippen molar-refractivity contribution in [3.63, 3.8) is 0 Å². The van der Waals surface area contributed by atoms with Gasteiger partial charge < -0.3 is 10.1 Å². The van der Waals surface area contributed by atoms with Gasteiger partial charge in [0.25, 0.3) is 0 Å². The fourth-order valence-electron chi connectivity index (χ4n) is 4.49. The number of nitrogens with zero attached hydrogens (tertiary/aromatic N) is 2. The second-order valence-electron chi connectivity index (χ2n) is 8.95. The lowest BCUT2D eigenvalue weighted by Crippen LogP contribution is -2.43. The van der Waals surface area contributed by atoms with Crippen LogP contribution in [0.25, 0.3) is 0 Å². The summed E-state index contributed by atoms with van der Waals surface area (Å²) in [6.07, 6.45) is 1.04. The molecule has 0 aliphatic carbocycles. The summed E-state index contributed by atoms with van der Waals surface area (Å²) < 4.78 is 32.5. The van der Waals surface area contributed by atoms with Gasteiger partial charge in [-0.1, -0.05) is 54.1 Å². The summed E-state index contributed by atoms with van der Waals surface area (Å²) >= 11 is 6.13. The first kappa shape index (κ1) is 25.1. The number of piperidine rings is 1. The van der Waals surface area contributed by atoms with Crippen LogP contribution in [0.1, 0.15) is 29.5 Å². The van der Waals surface area contributed by atoms with Crippen LogP contribution < -0.4 is 5.32 Å². The third-order valence-corrected chi connectivity index (χ3v) is 8.68. The average Bonchev–Trinajstić information content (AvgIpc) is 2.85. The zero-order valence-electron chi connectivity index (χ0n) is 19.3. The maximum Gasteiger partial charge on any atom is 0.223 e. The van der Waals surface area contributed by atoms with E-state index in [-0.39, 0.29) is 17.6 Å². The van der Waals surface area contributed by atoms with Crippen LogP contribution in [0.3, 0.4) is 0 Å². The first-order valence-corrected chi connectivity index (χ1v) is 13.8. The smallest absolute Gasteiger partial charge is 0.223 e. The fraction of sp³-hybridized carbons (Fsp3) is 0.480. The highest BCUT2D eigenvalue weighted by molar-refractivity contribution is 7.88. The van der Waals surface area contributed by atoms with E-state index in [0.29, 0.717) is 43.1 Å².